The van der Waals surface area contributed by atoms with Gasteiger partial charge in [-0.1, -0.05) is 43.9 Å². The number of rotatable bonds is 4. The van der Waals surface area contributed by atoms with Gasteiger partial charge in [0.2, 0.25) is 0 Å². The number of hydrogen-bond acceptors (Lipinski definition) is 2. The Balaban J connectivity index is 1.93. The zero-order valence-corrected chi connectivity index (χ0v) is 11.7. The van der Waals surface area contributed by atoms with Crippen molar-refractivity contribution in [1.29, 1.82) is 0 Å². The summed E-state index contributed by atoms with van der Waals surface area (Å²) in [7, 11) is 0. The van der Waals surface area contributed by atoms with Crippen LogP contribution >= 0.6 is 11.6 Å². The molecule has 2 atom stereocenters. The number of hydrogen-bond donors (Lipinski definition) is 1. The van der Waals surface area contributed by atoms with Gasteiger partial charge in [0.15, 0.2) is 0 Å². The van der Waals surface area contributed by atoms with Crippen molar-refractivity contribution in [2.24, 2.45) is 5.92 Å². The van der Waals surface area contributed by atoms with Gasteiger partial charge in [0.05, 0.1) is 12.7 Å². The van der Waals surface area contributed by atoms with Crippen LogP contribution in [0.25, 0.3) is 0 Å². The van der Waals surface area contributed by atoms with Gasteiger partial charge in [-0.05, 0) is 30.9 Å². The molecule has 1 aliphatic carbocycles. The van der Waals surface area contributed by atoms with Crippen molar-refractivity contribution in [3.05, 3.63) is 28.8 Å². The average molecular weight is 268 g/mol. The lowest BCUT2D eigenvalue weighted by Crippen LogP contribution is -2.27. The zero-order valence-electron chi connectivity index (χ0n) is 11.0. The van der Waals surface area contributed by atoms with Crippen molar-refractivity contribution in [2.45, 2.75) is 51.7 Å². The predicted molar refractivity (Wildman–Crippen MR) is 76.7 cm³/mol. The summed E-state index contributed by atoms with van der Waals surface area (Å²) in [5.74, 6) is 0.715. The van der Waals surface area contributed by atoms with Gasteiger partial charge < -0.3 is 10.5 Å². The highest BCUT2D eigenvalue weighted by Gasteiger charge is 2.24. The van der Waals surface area contributed by atoms with Crippen molar-refractivity contribution in [3.63, 3.8) is 0 Å². The van der Waals surface area contributed by atoms with Crippen LogP contribution in [0, 0.1) is 5.92 Å². The van der Waals surface area contributed by atoms with Crippen LogP contribution in [0.4, 0.5) is 5.69 Å². The second-order valence-corrected chi connectivity index (χ2v) is 5.58. The van der Waals surface area contributed by atoms with E-state index in [1.165, 1.54) is 32.1 Å². The smallest absolute Gasteiger partial charge is 0.0740 e. The average Bonchev–Trinajstić information content (AvgIpc) is 2.38. The zero-order chi connectivity index (χ0) is 13.0. The number of nitrogen functional groups attached to an aromatic ring is 1. The number of benzene rings is 1. The molecule has 0 radical (unpaired) electrons. The molecular weight excluding hydrogens is 246 g/mol. The van der Waals surface area contributed by atoms with Crippen molar-refractivity contribution in [2.75, 3.05) is 5.73 Å². The molecule has 1 aliphatic rings. The van der Waals surface area contributed by atoms with Gasteiger partial charge in [-0.15, -0.1) is 0 Å². The number of anilines is 1. The first-order valence-corrected chi connectivity index (χ1v) is 7.24. The van der Waals surface area contributed by atoms with Crippen LogP contribution in [0.2, 0.25) is 5.02 Å². The summed E-state index contributed by atoms with van der Waals surface area (Å²) in [6, 6.07) is 5.62. The second-order valence-electron chi connectivity index (χ2n) is 5.15. The van der Waals surface area contributed by atoms with Gasteiger partial charge in [-0.25, -0.2) is 0 Å². The van der Waals surface area contributed by atoms with E-state index in [4.69, 9.17) is 22.1 Å². The highest BCUT2D eigenvalue weighted by atomic mass is 35.5. The molecule has 2 rings (SSSR count). The van der Waals surface area contributed by atoms with Crippen molar-refractivity contribution in [1.82, 2.24) is 0 Å². The lowest BCUT2D eigenvalue weighted by molar-refractivity contribution is -0.0219. The minimum Gasteiger partial charge on any atom is -0.398 e. The summed E-state index contributed by atoms with van der Waals surface area (Å²) in [6.07, 6.45) is 6.74. The molecule has 0 spiro atoms. The SMILES string of the molecule is CCC1CCCCC1OCc1ccc(Cl)cc1N. The Bertz CT molecular complexity index is 394. The summed E-state index contributed by atoms with van der Waals surface area (Å²) in [6.45, 7) is 2.85. The summed E-state index contributed by atoms with van der Waals surface area (Å²) < 4.78 is 6.07. The lowest BCUT2D eigenvalue weighted by Gasteiger charge is -2.31. The molecule has 1 aromatic carbocycles. The Kier molecular flexibility index (Phi) is 4.90. The predicted octanol–water partition coefficient (Wildman–Crippen LogP) is 4.41. The molecule has 2 unspecified atom stereocenters. The van der Waals surface area contributed by atoms with E-state index >= 15 is 0 Å². The minimum absolute atomic E-state index is 0.402. The monoisotopic (exact) mass is 267 g/mol. The number of ether oxygens (including phenoxy) is 1. The summed E-state index contributed by atoms with van der Waals surface area (Å²) in [5, 5.41) is 0.681. The lowest BCUT2D eigenvalue weighted by atomic mass is 9.85. The molecule has 0 heterocycles. The molecule has 0 bridgehead atoms. The van der Waals surface area contributed by atoms with Gasteiger partial charge in [0.25, 0.3) is 0 Å². The molecule has 0 aromatic heterocycles. The van der Waals surface area contributed by atoms with E-state index < -0.39 is 0 Å². The van der Waals surface area contributed by atoms with Crippen molar-refractivity contribution in [3.8, 4) is 0 Å². The fourth-order valence-electron chi connectivity index (χ4n) is 2.75. The van der Waals surface area contributed by atoms with Crippen LogP contribution in [0.1, 0.15) is 44.6 Å². The van der Waals surface area contributed by atoms with Gasteiger partial charge in [0.1, 0.15) is 0 Å². The normalized spacial score (nSPS) is 24.1. The third-order valence-electron chi connectivity index (χ3n) is 3.92. The minimum atomic E-state index is 0.402. The van der Waals surface area contributed by atoms with Crippen LogP contribution in [-0.2, 0) is 11.3 Å². The Hall–Kier alpha value is -0.730. The van der Waals surface area contributed by atoms with Crippen LogP contribution < -0.4 is 5.73 Å². The van der Waals surface area contributed by atoms with E-state index in [-0.39, 0.29) is 0 Å². The maximum atomic E-state index is 6.07. The first kappa shape index (κ1) is 13.7. The van der Waals surface area contributed by atoms with Crippen molar-refractivity contribution >= 4 is 17.3 Å². The standard InChI is InChI=1S/C15H22ClNO/c1-2-11-5-3-4-6-15(11)18-10-12-7-8-13(16)9-14(12)17/h7-9,11,15H,2-6,10,17H2,1H3. The highest BCUT2D eigenvalue weighted by Crippen LogP contribution is 2.30. The fraction of sp³-hybridized carbons (Fsp3) is 0.600. The number of halogens is 1. The van der Waals surface area contributed by atoms with Crippen LogP contribution in [0.15, 0.2) is 18.2 Å². The third kappa shape index (κ3) is 3.39. The molecule has 0 amide bonds. The Morgan fingerprint density at radius 2 is 2.11 bits per heavy atom. The molecule has 0 saturated heterocycles. The molecule has 1 aromatic rings. The molecule has 0 aliphatic heterocycles. The van der Waals surface area contributed by atoms with Gasteiger partial charge in [-0.2, -0.15) is 0 Å². The summed E-state index contributed by atoms with van der Waals surface area (Å²) in [5.41, 5.74) is 7.71. The van der Waals surface area contributed by atoms with E-state index in [1.54, 1.807) is 6.07 Å². The van der Waals surface area contributed by atoms with E-state index in [9.17, 15) is 0 Å². The second kappa shape index (κ2) is 6.44. The third-order valence-corrected chi connectivity index (χ3v) is 4.16. The largest absolute Gasteiger partial charge is 0.398 e. The molecule has 2 N–H and O–H groups in total. The van der Waals surface area contributed by atoms with Gasteiger partial charge in [0, 0.05) is 16.3 Å². The Labute approximate surface area is 114 Å². The highest BCUT2D eigenvalue weighted by molar-refractivity contribution is 6.30. The number of nitrogens with two attached hydrogens (primary N) is 1. The van der Waals surface area contributed by atoms with Crippen LogP contribution in [0.5, 0.6) is 0 Å². The van der Waals surface area contributed by atoms with Crippen molar-refractivity contribution < 1.29 is 4.74 Å². The van der Waals surface area contributed by atoms with Crippen LogP contribution in [0.3, 0.4) is 0 Å². The van der Waals surface area contributed by atoms with Crippen LogP contribution in [-0.4, -0.2) is 6.10 Å². The first-order valence-electron chi connectivity index (χ1n) is 6.86. The molecular formula is C15H22ClNO. The molecule has 18 heavy (non-hydrogen) atoms. The van der Waals surface area contributed by atoms with Gasteiger partial charge in [-0.3, -0.25) is 0 Å². The van der Waals surface area contributed by atoms with E-state index in [1.807, 2.05) is 12.1 Å². The Morgan fingerprint density at radius 3 is 2.83 bits per heavy atom. The van der Waals surface area contributed by atoms with E-state index in [2.05, 4.69) is 6.92 Å². The van der Waals surface area contributed by atoms with E-state index in [0.717, 1.165) is 11.3 Å². The maximum Gasteiger partial charge on any atom is 0.0740 e. The molecule has 1 fully saturated rings. The fourth-order valence-corrected chi connectivity index (χ4v) is 2.93. The first-order chi connectivity index (χ1) is 8.70. The summed E-state index contributed by atoms with van der Waals surface area (Å²) in [4.78, 5) is 0. The van der Waals surface area contributed by atoms with E-state index in [0.29, 0.717) is 23.7 Å². The summed E-state index contributed by atoms with van der Waals surface area (Å²) >= 11 is 5.89. The van der Waals surface area contributed by atoms with Gasteiger partial charge >= 0.3 is 0 Å². The molecule has 1 saturated carbocycles. The molecule has 3 heteroatoms. The quantitative estimate of drug-likeness (QED) is 0.821. The Morgan fingerprint density at radius 1 is 1.33 bits per heavy atom. The maximum absolute atomic E-state index is 6.07. The molecule has 2 nitrogen and oxygen atoms in total. The topological polar surface area (TPSA) is 35.2 Å². The molecule has 100 valence electrons.